The van der Waals surface area contributed by atoms with Gasteiger partial charge in [-0.15, -0.1) is 11.3 Å². The highest BCUT2D eigenvalue weighted by Crippen LogP contribution is 2.25. The van der Waals surface area contributed by atoms with E-state index < -0.39 is 0 Å². The molecule has 0 bridgehead atoms. The maximum atomic E-state index is 13.6. The fourth-order valence-electron chi connectivity index (χ4n) is 1.60. The third kappa shape index (κ3) is 3.63. The lowest BCUT2D eigenvalue weighted by atomic mass is 10.2. The maximum absolute atomic E-state index is 13.6. The van der Waals surface area contributed by atoms with Crippen molar-refractivity contribution in [3.05, 3.63) is 54.8 Å². The molecule has 0 saturated carbocycles. The van der Waals surface area contributed by atoms with Gasteiger partial charge in [-0.25, -0.2) is 4.39 Å². The van der Waals surface area contributed by atoms with E-state index >= 15 is 0 Å². The second kappa shape index (κ2) is 6.28. The van der Waals surface area contributed by atoms with Gasteiger partial charge >= 0.3 is 0 Å². The fraction of sp³-hybridized carbons (Fsp3) is 0.231. The van der Waals surface area contributed by atoms with E-state index in [4.69, 9.17) is 0 Å². The summed E-state index contributed by atoms with van der Waals surface area (Å²) in [6.07, 6.45) is 0. The van der Waals surface area contributed by atoms with Crippen molar-refractivity contribution >= 4 is 43.2 Å². The van der Waals surface area contributed by atoms with Crippen molar-refractivity contribution in [2.45, 2.75) is 19.5 Å². The van der Waals surface area contributed by atoms with Crippen LogP contribution in [0.25, 0.3) is 0 Å². The summed E-state index contributed by atoms with van der Waals surface area (Å²) < 4.78 is 15.5. The van der Waals surface area contributed by atoms with E-state index in [0.717, 1.165) is 8.95 Å². The predicted octanol–water partition coefficient (Wildman–Crippen LogP) is 5.26. The van der Waals surface area contributed by atoms with E-state index in [9.17, 15) is 4.39 Å². The van der Waals surface area contributed by atoms with Gasteiger partial charge in [-0.1, -0.05) is 15.9 Å². The average Bonchev–Trinajstić information content (AvgIpc) is 2.77. The van der Waals surface area contributed by atoms with Gasteiger partial charge in [0.2, 0.25) is 0 Å². The summed E-state index contributed by atoms with van der Waals surface area (Å²) >= 11 is 8.47. The summed E-state index contributed by atoms with van der Waals surface area (Å²) in [6.45, 7) is 2.59. The zero-order chi connectivity index (χ0) is 13.1. The van der Waals surface area contributed by atoms with Crippen LogP contribution in [0.5, 0.6) is 0 Å². The minimum atomic E-state index is -0.176. The first-order valence-corrected chi connectivity index (χ1v) is 7.94. The van der Waals surface area contributed by atoms with E-state index in [1.165, 1.54) is 10.9 Å². The fourth-order valence-corrected chi connectivity index (χ4v) is 3.48. The van der Waals surface area contributed by atoms with Gasteiger partial charge in [0.25, 0.3) is 0 Å². The maximum Gasteiger partial charge on any atom is 0.127 e. The van der Waals surface area contributed by atoms with E-state index in [1.54, 1.807) is 23.5 Å². The van der Waals surface area contributed by atoms with Gasteiger partial charge in [-0.2, -0.15) is 0 Å². The van der Waals surface area contributed by atoms with Crippen molar-refractivity contribution < 1.29 is 4.39 Å². The molecule has 1 heterocycles. The summed E-state index contributed by atoms with van der Waals surface area (Å²) in [6, 6.07) is 7.28. The molecule has 1 aromatic heterocycles. The topological polar surface area (TPSA) is 12.0 Å². The lowest BCUT2D eigenvalue weighted by molar-refractivity contribution is 0.548. The number of benzene rings is 1. The van der Waals surface area contributed by atoms with Crippen molar-refractivity contribution in [2.75, 3.05) is 0 Å². The zero-order valence-corrected chi connectivity index (χ0v) is 13.7. The van der Waals surface area contributed by atoms with Crippen LogP contribution < -0.4 is 5.32 Å². The van der Waals surface area contributed by atoms with Gasteiger partial charge in [0.1, 0.15) is 5.82 Å². The molecule has 0 fully saturated rings. The molecule has 0 amide bonds. The predicted molar refractivity (Wildman–Crippen MR) is 81.4 cm³/mol. The molecule has 1 nitrogen and oxygen atoms in total. The molecule has 1 atom stereocenters. The van der Waals surface area contributed by atoms with Crippen LogP contribution in [0.2, 0.25) is 0 Å². The molecule has 0 spiro atoms. The first-order valence-electron chi connectivity index (χ1n) is 5.47. The van der Waals surface area contributed by atoms with Crippen molar-refractivity contribution in [1.82, 2.24) is 5.32 Å². The number of nitrogens with one attached hydrogen (secondary N) is 1. The Bertz CT molecular complexity index is 542. The highest BCUT2D eigenvalue weighted by atomic mass is 79.9. The Hall–Kier alpha value is -0.230. The largest absolute Gasteiger partial charge is 0.305 e. The molecule has 0 aliphatic rings. The van der Waals surface area contributed by atoms with Gasteiger partial charge in [0.05, 0.1) is 0 Å². The van der Waals surface area contributed by atoms with Crippen molar-refractivity contribution in [3.63, 3.8) is 0 Å². The van der Waals surface area contributed by atoms with Crippen LogP contribution >= 0.6 is 43.2 Å². The van der Waals surface area contributed by atoms with Crippen LogP contribution in [-0.2, 0) is 6.54 Å². The number of halogens is 3. The van der Waals surface area contributed by atoms with Gasteiger partial charge in [0, 0.05) is 37.4 Å². The highest BCUT2D eigenvalue weighted by molar-refractivity contribution is 9.10. The SMILES string of the molecule is CC(NCc1cc(Br)ccc1F)c1cc(Br)cs1. The molecule has 0 aliphatic heterocycles. The smallest absolute Gasteiger partial charge is 0.127 e. The number of thiophene rings is 1. The summed E-state index contributed by atoms with van der Waals surface area (Å²) in [7, 11) is 0. The molecular weight excluding hydrogens is 381 g/mol. The van der Waals surface area contributed by atoms with E-state index in [1.807, 2.05) is 5.38 Å². The van der Waals surface area contributed by atoms with Gasteiger partial charge in [-0.05, 0) is 47.1 Å². The molecule has 18 heavy (non-hydrogen) atoms. The van der Waals surface area contributed by atoms with Crippen LogP contribution in [-0.4, -0.2) is 0 Å². The summed E-state index contributed by atoms with van der Waals surface area (Å²) in [5.41, 5.74) is 0.673. The van der Waals surface area contributed by atoms with Crippen LogP contribution in [0.1, 0.15) is 23.4 Å². The molecule has 0 aliphatic carbocycles. The minimum absolute atomic E-state index is 0.176. The summed E-state index contributed by atoms with van der Waals surface area (Å²) in [4.78, 5) is 1.23. The quantitative estimate of drug-likeness (QED) is 0.747. The Balaban J connectivity index is 2.01. The Morgan fingerprint density at radius 3 is 2.72 bits per heavy atom. The highest BCUT2D eigenvalue weighted by Gasteiger charge is 2.09. The van der Waals surface area contributed by atoms with Crippen molar-refractivity contribution in [3.8, 4) is 0 Å². The normalized spacial score (nSPS) is 12.7. The zero-order valence-electron chi connectivity index (χ0n) is 9.71. The molecule has 0 radical (unpaired) electrons. The first-order chi connectivity index (χ1) is 8.56. The first kappa shape index (κ1) is 14.2. The number of hydrogen-bond donors (Lipinski definition) is 1. The third-order valence-corrected chi connectivity index (χ3v) is 4.99. The molecule has 1 unspecified atom stereocenters. The lowest BCUT2D eigenvalue weighted by Crippen LogP contribution is -2.17. The molecule has 96 valence electrons. The summed E-state index contributed by atoms with van der Waals surface area (Å²) in [5.74, 6) is -0.176. The molecule has 2 aromatic rings. The molecule has 1 aromatic carbocycles. The van der Waals surface area contributed by atoms with E-state index in [-0.39, 0.29) is 11.9 Å². The molecular formula is C13H12Br2FNS. The Morgan fingerprint density at radius 1 is 1.28 bits per heavy atom. The van der Waals surface area contributed by atoms with Crippen molar-refractivity contribution in [1.29, 1.82) is 0 Å². The Kier molecular flexibility index (Phi) is 4.95. The van der Waals surface area contributed by atoms with Gasteiger partial charge < -0.3 is 5.32 Å². The molecule has 2 rings (SSSR count). The van der Waals surface area contributed by atoms with Crippen LogP contribution in [0, 0.1) is 5.82 Å². The van der Waals surface area contributed by atoms with Crippen molar-refractivity contribution in [2.24, 2.45) is 0 Å². The minimum Gasteiger partial charge on any atom is -0.305 e. The van der Waals surface area contributed by atoms with Crippen LogP contribution in [0.4, 0.5) is 4.39 Å². The van der Waals surface area contributed by atoms with Gasteiger partial charge in [0.15, 0.2) is 0 Å². The summed E-state index contributed by atoms with van der Waals surface area (Å²) in [5, 5.41) is 5.37. The Labute approximate surface area is 127 Å². The average molecular weight is 393 g/mol. The van der Waals surface area contributed by atoms with Crippen LogP contribution in [0.15, 0.2) is 38.6 Å². The lowest BCUT2D eigenvalue weighted by Gasteiger charge is -2.12. The third-order valence-electron chi connectivity index (χ3n) is 2.62. The number of rotatable bonds is 4. The molecule has 1 N–H and O–H groups in total. The second-order valence-electron chi connectivity index (χ2n) is 4.01. The van der Waals surface area contributed by atoms with Crippen LogP contribution in [0.3, 0.4) is 0 Å². The van der Waals surface area contributed by atoms with E-state index in [2.05, 4.69) is 50.2 Å². The monoisotopic (exact) mass is 391 g/mol. The number of hydrogen-bond acceptors (Lipinski definition) is 2. The standard InChI is InChI=1S/C13H12Br2FNS/c1-8(13-5-11(15)7-18-13)17-6-9-4-10(14)2-3-12(9)16/h2-5,7-8,17H,6H2,1H3. The van der Waals surface area contributed by atoms with E-state index in [0.29, 0.717) is 12.1 Å². The van der Waals surface area contributed by atoms with Gasteiger partial charge in [-0.3, -0.25) is 0 Å². The molecule has 0 saturated heterocycles. The Morgan fingerprint density at radius 2 is 2.06 bits per heavy atom. The second-order valence-corrected chi connectivity index (χ2v) is 6.78. The molecule has 5 heteroatoms.